The smallest absolute Gasteiger partial charge is 0.410 e. The Morgan fingerprint density at radius 2 is 2.19 bits per heavy atom. The summed E-state index contributed by atoms with van der Waals surface area (Å²) in [5, 5.41) is 3.47. The van der Waals surface area contributed by atoms with Gasteiger partial charge in [0.25, 0.3) is 0 Å². The van der Waals surface area contributed by atoms with Crippen molar-refractivity contribution in [2.75, 3.05) is 19.7 Å². The highest BCUT2D eigenvalue weighted by Crippen LogP contribution is 2.20. The average molecular weight is 228 g/mol. The molecule has 0 aromatic rings. The molecular weight excluding hydrogens is 204 g/mol. The molecule has 1 fully saturated rings. The van der Waals surface area contributed by atoms with E-state index in [2.05, 4.69) is 33.0 Å². The first-order valence-corrected chi connectivity index (χ1v) is 6.06. The molecule has 0 aliphatic carbocycles. The summed E-state index contributed by atoms with van der Waals surface area (Å²) in [5.41, 5.74) is -0.0296. The molecule has 1 atom stereocenters. The van der Waals surface area contributed by atoms with Crippen LogP contribution in [-0.4, -0.2) is 42.3 Å². The minimum Gasteiger partial charge on any atom is -0.450 e. The van der Waals surface area contributed by atoms with E-state index < -0.39 is 0 Å². The quantitative estimate of drug-likeness (QED) is 0.784. The van der Waals surface area contributed by atoms with Crippen LogP contribution in [0.5, 0.6) is 0 Å². The topological polar surface area (TPSA) is 41.6 Å². The maximum atomic E-state index is 11.9. The molecule has 1 aliphatic rings. The largest absolute Gasteiger partial charge is 0.450 e. The molecule has 1 aliphatic heterocycles. The van der Waals surface area contributed by atoms with Crippen LogP contribution in [0.4, 0.5) is 4.79 Å². The van der Waals surface area contributed by atoms with Crippen LogP contribution in [0.15, 0.2) is 0 Å². The van der Waals surface area contributed by atoms with Gasteiger partial charge in [-0.1, -0.05) is 13.8 Å². The van der Waals surface area contributed by atoms with Crippen molar-refractivity contribution in [2.24, 2.45) is 5.92 Å². The molecule has 1 amide bonds. The summed E-state index contributed by atoms with van der Waals surface area (Å²) >= 11 is 0. The van der Waals surface area contributed by atoms with Gasteiger partial charge in [0.1, 0.15) is 0 Å². The maximum Gasteiger partial charge on any atom is 0.410 e. The predicted octanol–water partition coefficient (Wildman–Crippen LogP) is 1.85. The lowest BCUT2D eigenvalue weighted by molar-refractivity contribution is 0.0437. The average Bonchev–Trinajstić information content (AvgIpc) is 2.16. The molecular formula is C12H24N2O2. The minimum atomic E-state index is -0.184. The molecule has 0 aromatic heterocycles. The third kappa shape index (κ3) is 3.11. The fourth-order valence-corrected chi connectivity index (χ4v) is 2.09. The van der Waals surface area contributed by atoms with E-state index in [9.17, 15) is 4.79 Å². The number of rotatable bonds is 2. The maximum absolute atomic E-state index is 11.9. The molecule has 0 aromatic carbocycles. The number of nitrogens with one attached hydrogen (secondary N) is 1. The van der Waals surface area contributed by atoms with Crippen LogP contribution >= 0.6 is 0 Å². The third-order valence-electron chi connectivity index (χ3n) is 3.03. The molecule has 1 heterocycles. The lowest BCUT2D eigenvalue weighted by atomic mass is 9.93. The first-order valence-electron chi connectivity index (χ1n) is 6.06. The SMILES string of the molecule is CCOC(=O)N1CC(C)(C)NCC1C(C)C. The van der Waals surface area contributed by atoms with E-state index in [1.807, 2.05) is 11.8 Å². The van der Waals surface area contributed by atoms with Gasteiger partial charge in [-0.3, -0.25) is 0 Å². The van der Waals surface area contributed by atoms with Gasteiger partial charge in [0, 0.05) is 24.7 Å². The van der Waals surface area contributed by atoms with Crippen LogP contribution in [0.3, 0.4) is 0 Å². The number of amides is 1. The highest BCUT2D eigenvalue weighted by atomic mass is 16.6. The first-order chi connectivity index (χ1) is 7.37. The van der Waals surface area contributed by atoms with Crippen molar-refractivity contribution in [2.45, 2.75) is 46.2 Å². The van der Waals surface area contributed by atoms with Crippen molar-refractivity contribution in [3.8, 4) is 0 Å². The van der Waals surface area contributed by atoms with Gasteiger partial charge >= 0.3 is 6.09 Å². The zero-order valence-corrected chi connectivity index (χ0v) is 11.0. The monoisotopic (exact) mass is 228 g/mol. The summed E-state index contributed by atoms with van der Waals surface area (Å²) in [6, 6.07) is 0.229. The standard InChI is InChI=1S/C12H24N2O2/c1-6-16-11(15)14-8-12(4,5)13-7-10(14)9(2)3/h9-10,13H,6-8H2,1-5H3. The number of carbonyl (C=O) groups is 1. The number of piperazine rings is 1. The van der Waals surface area contributed by atoms with Crippen molar-refractivity contribution >= 4 is 6.09 Å². The minimum absolute atomic E-state index is 0.0296. The Hall–Kier alpha value is -0.770. The fourth-order valence-electron chi connectivity index (χ4n) is 2.09. The van der Waals surface area contributed by atoms with Gasteiger partial charge in [-0.15, -0.1) is 0 Å². The Morgan fingerprint density at radius 3 is 2.69 bits per heavy atom. The lowest BCUT2D eigenvalue weighted by Gasteiger charge is -2.45. The van der Waals surface area contributed by atoms with Crippen LogP contribution in [0.25, 0.3) is 0 Å². The molecule has 94 valence electrons. The summed E-state index contributed by atoms with van der Waals surface area (Å²) in [4.78, 5) is 13.7. The van der Waals surface area contributed by atoms with E-state index in [0.29, 0.717) is 19.1 Å². The second kappa shape index (κ2) is 5.04. The number of carbonyl (C=O) groups excluding carboxylic acids is 1. The van der Waals surface area contributed by atoms with E-state index in [1.54, 1.807) is 0 Å². The lowest BCUT2D eigenvalue weighted by Crippen LogP contribution is -2.64. The van der Waals surface area contributed by atoms with Gasteiger partial charge in [-0.25, -0.2) is 4.79 Å². The van der Waals surface area contributed by atoms with Gasteiger partial charge in [0.05, 0.1) is 6.61 Å². The van der Waals surface area contributed by atoms with Gasteiger partial charge < -0.3 is 15.0 Å². The second-order valence-electron chi connectivity index (χ2n) is 5.40. The third-order valence-corrected chi connectivity index (χ3v) is 3.03. The highest BCUT2D eigenvalue weighted by molar-refractivity contribution is 5.68. The Morgan fingerprint density at radius 1 is 1.56 bits per heavy atom. The molecule has 0 saturated carbocycles. The van der Waals surface area contributed by atoms with Gasteiger partial charge in [-0.05, 0) is 26.7 Å². The summed E-state index contributed by atoms with van der Waals surface area (Å²) < 4.78 is 5.11. The van der Waals surface area contributed by atoms with Gasteiger partial charge in [0.2, 0.25) is 0 Å². The molecule has 1 unspecified atom stereocenters. The number of hydrogen-bond acceptors (Lipinski definition) is 3. The van der Waals surface area contributed by atoms with Crippen LogP contribution in [0.1, 0.15) is 34.6 Å². The fraction of sp³-hybridized carbons (Fsp3) is 0.917. The number of ether oxygens (including phenoxy) is 1. The van der Waals surface area contributed by atoms with E-state index in [0.717, 1.165) is 6.54 Å². The normalized spacial score (nSPS) is 24.6. The molecule has 1 saturated heterocycles. The van der Waals surface area contributed by atoms with Crippen molar-refractivity contribution < 1.29 is 9.53 Å². The molecule has 1 N–H and O–H groups in total. The van der Waals surface area contributed by atoms with Crippen LogP contribution < -0.4 is 5.32 Å². The van der Waals surface area contributed by atoms with Crippen molar-refractivity contribution in [1.29, 1.82) is 0 Å². The summed E-state index contributed by atoms with van der Waals surface area (Å²) in [7, 11) is 0. The Balaban J connectivity index is 2.75. The summed E-state index contributed by atoms with van der Waals surface area (Å²) in [6.45, 7) is 12.3. The van der Waals surface area contributed by atoms with Gasteiger partial charge in [-0.2, -0.15) is 0 Å². The van der Waals surface area contributed by atoms with Crippen LogP contribution in [0, 0.1) is 5.92 Å². The van der Waals surface area contributed by atoms with E-state index in [-0.39, 0.29) is 17.7 Å². The van der Waals surface area contributed by atoms with Crippen molar-refractivity contribution in [1.82, 2.24) is 10.2 Å². The molecule has 4 nitrogen and oxygen atoms in total. The second-order valence-corrected chi connectivity index (χ2v) is 5.40. The highest BCUT2D eigenvalue weighted by Gasteiger charge is 2.37. The van der Waals surface area contributed by atoms with E-state index in [4.69, 9.17) is 4.74 Å². The Bertz CT molecular complexity index is 251. The molecule has 0 bridgehead atoms. The Kier molecular flexibility index (Phi) is 4.19. The zero-order chi connectivity index (χ0) is 12.3. The van der Waals surface area contributed by atoms with E-state index >= 15 is 0 Å². The summed E-state index contributed by atoms with van der Waals surface area (Å²) in [6.07, 6.45) is -0.184. The molecule has 0 radical (unpaired) electrons. The van der Waals surface area contributed by atoms with Gasteiger partial charge in [0.15, 0.2) is 0 Å². The van der Waals surface area contributed by atoms with Crippen LogP contribution in [-0.2, 0) is 4.74 Å². The first kappa shape index (κ1) is 13.3. The Labute approximate surface area is 98.3 Å². The van der Waals surface area contributed by atoms with Crippen molar-refractivity contribution in [3.05, 3.63) is 0 Å². The molecule has 4 heteroatoms. The van der Waals surface area contributed by atoms with Crippen molar-refractivity contribution in [3.63, 3.8) is 0 Å². The number of nitrogens with zero attached hydrogens (tertiary/aromatic N) is 1. The number of hydrogen-bond donors (Lipinski definition) is 1. The molecule has 1 rings (SSSR count). The van der Waals surface area contributed by atoms with E-state index in [1.165, 1.54) is 0 Å². The van der Waals surface area contributed by atoms with Crippen LogP contribution in [0.2, 0.25) is 0 Å². The molecule has 16 heavy (non-hydrogen) atoms. The predicted molar refractivity (Wildman–Crippen MR) is 64.4 cm³/mol. The zero-order valence-electron chi connectivity index (χ0n) is 11.0. The molecule has 0 spiro atoms. The summed E-state index contributed by atoms with van der Waals surface area (Å²) in [5.74, 6) is 0.438.